The quantitative estimate of drug-likeness (QED) is 0.544. The molecular weight excluding hydrogens is 342 g/mol. The van der Waals surface area contributed by atoms with Crippen LogP contribution in [0.5, 0.6) is 0 Å². The van der Waals surface area contributed by atoms with E-state index in [-0.39, 0.29) is 24.3 Å². The molecule has 2 rings (SSSR count). The van der Waals surface area contributed by atoms with Gasteiger partial charge in [0.2, 0.25) is 5.91 Å². The van der Waals surface area contributed by atoms with Gasteiger partial charge < -0.3 is 16.0 Å². The highest BCUT2D eigenvalue weighted by Crippen LogP contribution is 2.15. The van der Waals surface area contributed by atoms with Gasteiger partial charge in [-0.3, -0.25) is 14.4 Å². The lowest BCUT2D eigenvalue weighted by atomic mass is 10.1. The molecular formula is C21H19N3O3. The van der Waals surface area contributed by atoms with E-state index < -0.39 is 0 Å². The van der Waals surface area contributed by atoms with Gasteiger partial charge in [-0.05, 0) is 35.9 Å². The van der Waals surface area contributed by atoms with Gasteiger partial charge in [0.15, 0.2) is 0 Å². The van der Waals surface area contributed by atoms with Crippen molar-refractivity contribution in [1.29, 1.82) is 0 Å². The van der Waals surface area contributed by atoms with Crippen molar-refractivity contribution in [3.05, 3.63) is 71.3 Å². The zero-order valence-electron chi connectivity index (χ0n) is 14.8. The number of rotatable bonds is 6. The topological polar surface area (TPSA) is 87.3 Å². The van der Waals surface area contributed by atoms with Crippen molar-refractivity contribution in [2.45, 2.75) is 0 Å². The van der Waals surface area contributed by atoms with E-state index in [4.69, 9.17) is 6.42 Å². The first kappa shape index (κ1) is 19.5. The molecule has 6 heteroatoms. The first-order chi connectivity index (χ1) is 13.0. The lowest BCUT2D eigenvalue weighted by Gasteiger charge is -2.09. The summed E-state index contributed by atoms with van der Waals surface area (Å²) in [6.07, 6.45) is 8.10. The number of terminal acetylenes is 1. The third kappa shape index (κ3) is 5.58. The van der Waals surface area contributed by atoms with E-state index in [0.717, 1.165) is 5.56 Å². The highest BCUT2D eigenvalue weighted by Gasteiger charge is 2.11. The molecule has 6 nitrogen and oxygen atoms in total. The minimum atomic E-state index is -0.387. The number of nitrogens with one attached hydrogen (secondary N) is 3. The van der Waals surface area contributed by atoms with E-state index in [2.05, 4.69) is 21.9 Å². The second-order valence-corrected chi connectivity index (χ2v) is 5.46. The molecule has 3 amide bonds. The van der Waals surface area contributed by atoms with Gasteiger partial charge in [0.1, 0.15) is 0 Å². The van der Waals surface area contributed by atoms with Crippen LogP contribution in [-0.4, -0.2) is 31.3 Å². The Hall–Kier alpha value is -3.85. The third-order valence-corrected chi connectivity index (χ3v) is 3.61. The number of carbonyl (C=O) groups is 3. The van der Waals surface area contributed by atoms with Crippen molar-refractivity contribution in [1.82, 2.24) is 10.6 Å². The zero-order chi connectivity index (χ0) is 19.6. The zero-order valence-corrected chi connectivity index (χ0v) is 14.8. The molecule has 0 aliphatic heterocycles. The monoisotopic (exact) mass is 361 g/mol. The Morgan fingerprint density at radius 3 is 2.41 bits per heavy atom. The molecule has 0 aromatic heterocycles. The molecule has 0 spiro atoms. The summed E-state index contributed by atoms with van der Waals surface area (Å²) in [6, 6.07) is 13.4. The van der Waals surface area contributed by atoms with Gasteiger partial charge in [0.25, 0.3) is 11.8 Å². The fourth-order valence-corrected chi connectivity index (χ4v) is 2.25. The van der Waals surface area contributed by atoms with Gasteiger partial charge >= 0.3 is 0 Å². The number of hydrogen-bond donors (Lipinski definition) is 3. The highest BCUT2D eigenvalue weighted by atomic mass is 16.2. The van der Waals surface area contributed by atoms with E-state index in [1.807, 2.05) is 0 Å². The van der Waals surface area contributed by atoms with Crippen molar-refractivity contribution >= 4 is 29.5 Å². The van der Waals surface area contributed by atoms with Crippen LogP contribution in [-0.2, 0) is 4.79 Å². The normalized spacial score (nSPS) is 10.1. The lowest BCUT2D eigenvalue weighted by molar-refractivity contribution is -0.111. The van der Waals surface area contributed by atoms with Gasteiger partial charge in [-0.25, -0.2) is 0 Å². The number of para-hydroxylation sites is 1. The van der Waals surface area contributed by atoms with Crippen molar-refractivity contribution in [3.8, 4) is 12.3 Å². The molecule has 0 saturated carbocycles. The van der Waals surface area contributed by atoms with Crippen LogP contribution in [0.4, 0.5) is 5.69 Å². The third-order valence-electron chi connectivity index (χ3n) is 3.61. The number of carbonyl (C=O) groups excluding carboxylic acids is 3. The van der Waals surface area contributed by atoms with E-state index in [1.54, 1.807) is 61.7 Å². The van der Waals surface area contributed by atoms with Crippen LogP contribution in [0.2, 0.25) is 0 Å². The van der Waals surface area contributed by atoms with Crippen LogP contribution < -0.4 is 16.0 Å². The Labute approximate surface area is 157 Å². The average molecular weight is 361 g/mol. The minimum Gasteiger partial charge on any atom is -0.355 e. The molecule has 0 aliphatic carbocycles. The predicted molar refractivity (Wildman–Crippen MR) is 105 cm³/mol. The molecule has 0 bridgehead atoms. The lowest BCUT2D eigenvalue weighted by Crippen LogP contribution is -2.25. The average Bonchev–Trinajstić information content (AvgIpc) is 2.70. The summed E-state index contributed by atoms with van der Waals surface area (Å²) < 4.78 is 0. The molecule has 0 aliphatic rings. The number of anilines is 1. The Kier molecular flexibility index (Phi) is 6.91. The Bertz CT molecular complexity index is 909. The summed E-state index contributed by atoms with van der Waals surface area (Å²) in [4.78, 5) is 35.8. The largest absolute Gasteiger partial charge is 0.355 e. The molecule has 136 valence electrons. The van der Waals surface area contributed by atoms with E-state index in [0.29, 0.717) is 16.8 Å². The van der Waals surface area contributed by atoms with E-state index >= 15 is 0 Å². The van der Waals surface area contributed by atoms with Crippen LogP contribution >= 0.6 is 0 Å². The molecule has 0 heterocycles. The first-order valence-corrected chi connectivity index (χ1v) is 8.17. The molecule has 0 saturated heterocycles. The van der Waals surface area contributed by atoms with Crippen LogP contribution in [0.1, 0.15) is 26.3 Å². The first-order valence-electron chi connectivity index (χ1n) is 8.17. The molecule has 27 heavy (non-hydrogen) atoms. The summed E-state index contributed by atoms with van der Waals surface area (Å²) in [6.45, 7) is 0.104. The van der Waals surface area contributed by atoms with Gasteiger partial charge in [-0.15, -0.1) is 6.42 Å². The van der Waals surface area contributed by atoms with Gasteiger partial charge in [-0.1, -0.05) is 30.2 Å². The summed E-state index contributed by atoms with van der Waals surface area (Å²) in [5, 5.41) is 7.78. The fourth-order valence-electron chi connectivity index (χ4n) is 2.25. The second kappa shape index (κ2) is 9.59. The molecule has 0 fully saturated rings. The van der Waals surface area contributed by atoms with Crippen molar-refractivity contribution in [2.24, 2.45) is 0 Å². The summed E-state index contributed by atoms with van der Waals surface area (Å²) in [5.41, 5.74) is 2.00. The van der Waals surface area contributed by atoms with Gasteiger partial charge in [0.05, 0.1) is 17.8 Å². The van der Waals surface area contributed by atoms with Crippen molar-refractivity contribution in [3.63, 3.8) is 0 Å². The summed E-state index contributed by atoms with van der Waals surface area (Å²) in [7, 11) is 1.56. The maximum atomic E-state index is 12.2. The van der Waals surface area contributed by atoms with E-state index in [9.17, 15) is 14.4 Å². The number of hydrogen-bond acceptors (Lipinski definition) is 3. The highest BCUT2D eigenvalue weighted by molar-refractivity contribution is 6.07. The van der Waals surface area contributed by atoms with Crippen molar-refractivity contribution in [2.75, 3.05) is 18.9 Å². The summed E-state index contributed by atoms with van der Waals surface area (Å²) in [5.74, 6) is 1.40. The second-order valence-electron chi connectivity index (χ2n) is 5.46. The Balaban J connectivity index is 2.05. The van der Waals surface area contributed by atoms with Gasteiger partial charge in [0, 0.05) is 18.7 Å². The van der Waals surface area contributed by atoms with Crippen LogP contribution in [0.25, 0.3) is 6.08 Å². The minimum absolute atomic E-state index is 0.104. The maximum absolute atomic E-state index is 12.2. The Morgan fingerprint density at radius 2 is 1.74 bits per heavy atom. The molecule has 0 radical (unpaired) electrons. The van der Waals surface area contributed by atoms with Crippen LogP contribution in [0.15, 0.2) is 54.6 Å². The van der Waals surface area contributed by atoms with Crippen LogP contribution in [0, 0.1) is 12.3 Å². The number of benzene rings is 2. The standard InChI is InChI=1S/C21H19N3O3/c1-3-14-23-21(27)17-6-4-5-7-18(17)24-19(25)13-10-15-8-11-16(12-9-15)20(26)22-2/h1,4-13H,14H2,2H3,(H,22,26)(H,23,27)(H,24,25)/b13-10+. The van der Waals surface area contributed by atoms with Crippen LogP contribution in [0.3, 0.4) is 0 Å². The smallest absolute Gasteiger partial charge is 0.254 e. The van der Waals surface area contributed by atoms with Crippen molar-refractivity contribution < 1.29 is 14.4 Å². The predicted octanol–water partition coefficient (Wildman–Crippen LogP) is 2.06. The molecule has 2 aromatic rings. The molecule has 0 atom stereocenters. The summed E-state index contributed by atoms with van der Waals surface area (Å²) >= 11 is 0. The maximum Gasteiger partial charge on any atom is 0.254 e. The Morgan fingerprint density at radius 1 is 1.04 bits per heavy atom. The molecule has 2 aromatic carbocycles. The fraction of sp³-hybridized carbons (Fsp3) is 0.0952. The van der Waals surface area contributed by atoms with Gasteiger partial charge in [-0.2, -0.15) is 0 Å². The van der Waals surface area contributed by atoms with E-state index in [1.165, 1.54) is 6.08 Å². The molecule has 3 N–H and O–H groups in total. The number of amides is 3. The molecule has 0 unspecified atom stereocenters. The SMILES string of the molecule is C#CCNC(=O)c1ccccc1NC(=O)/C=C/c1ccc(C(=O)NC)cc1.